The maximum atomic E-state index is 12.7. The number of anilines is 1. The van der Waals surface area contributed by atoms with E-state index in [0.717, 1.165) is 47.8 Å². The van der Waals surface area contributed by atoms with E-state index >= 15 is 0 Å². The highest BCUT2D eigenvalue weighted by atomic mass is 32.1. The normalized spacial score (nSPS) is 17.4. The number of aromatic nitrogens is 4. The zero-order valence-corrected chi connectivity index (χ0v) is 19.1. The second-order valence-corrected chi connectivity index (χ2v) is 9.19. The highest BCUT2D eigenvalue weighted by Crippen LogP contribution is 2.40. The average Bonchev–Trinajstić information content (AvgIpc) is 3.61. The van der Waals surface area contributed by atoms with Crippen molar-refractivity contribution in [2.24, 2.45) is 5.92 Å². The van der Waals surface area contributed by atoms with Crippen LogP contribution in [-0.2, 0) is 11.5 Å². The SMILES string of the molecule is Cc1ccc(NC(=O)C2CCN(Cn3nc(C4CC4)n(-c4ccccc4)c3=S)CC2)nc1. The van der Waals surface area contributed by atoms with E-state index in [1.54, 1.807) is 6.20 Å². The molecular weight excluding hydrogens is 420 g/mol. The van der Waals surface area contributed by atoms with Gasteiger partial charge in [-0.3, -0.25) is 14.3 Å². The van der Waals surface area contributed by atoms with Gasteiger partial charge in [0.1, 0.15) is 11.6 Å². The van der Waals surface area contributed by atoms with Crippen LogP contribution in [0.3, 0.4) is 0 Å². The summed E-state index contributed by atoms with van der Waals surface area (Å²) in [4.78, 5) is 19.3. The third kappa shape index (κ3) is 4.52. The number of nitrogens with zero attached hydrogens (tertiary/aromatic N) is 5. The number of aryl methyl sites for hydroxylation is 1. The van der Waals surface area contributed by atoms with Crippen LogP contribution in [0.2, 0.25) is 0 Å². The van der Waals surface area contributed by atoms with Crippen molar-refractivity contribution in [1.29, 1.82) is 0 Å². The Labute approximate surface area is 193 Å². The second kappa shape index (κ2) is 8.96. The fourth-order valence-corrected chi connectivity index (χ4v) is 4.54. The molecule has 0 atom stereocenters. The summed E-state index contributed by atoms with van der Waals surface area (Å²) in [5, 5.41) is 7.86. The van der Waals surface area contributed by atoms with Gasteiger partial charge in [-0.15, -0.1) is 0 Å². The predicted octanol–water partition coefficient (Wildman–Crippen LogP) is 4.29. The molecule has 166 valence electrons. The van der Waals surface area contributed by atoms with E-state index in [2.05, 4.69) is 31.9 Å². The van der Waals surface area contributed by atoms with Crippen LogP contribution < -0.4 is 5.32 Å². The Bertz CT molecular complexity index is 1140. The Balaban J connectivity index is 1.23. The van der Waals surface area contributed by atoms with Crippen molar-refractivity contribution in [3.63, 3.8) is 0 Å². The van der Waals surface area contributed by atoms with Crippen LogP contribution >= 0.6 is 12.2 Å². The van der Waals surface area contributed by atoms with Crippen LogP contribution in [0.5, 0.6) is 0 Å². The van der Waals surface area contributed by atoms with E-state index in [1.165, 1.54) is 12.8 Å². The predicted molar refractivity (Wildman–Crippen MR) is 126 cm³/mol. The number of carbonyl (C=O) groups is 1. The highest BCUT2D eigenvalue weighted by Gasteiger charge is 2.31. The molecule has 5 rings (SSSR count). The van der Waals surface area contributed by atoms with Gasteiger partial charge < -0.3 is 5.32 Å². The zero-order chi connectivity index (χ0) is 22.1. The molecule has 1 aliphatic heterocycles. The quantitative estimate of drug-likeness (QED) is 0.570. The summed E-state index contributed by atoms with van der Waals surface area (Å²) in [6.07, 6.45) is 5.76. The first kappa shape index (κ1) is 21.0. The molecule has 3 heterocycles. The Kier molecular flexibility index (Phi) is 5.89. The van der Waals surface area contributed by atoms with Gasteiger partial charge in [-0.25, -0.2) is 9.67 Å². The first-order valence-corrected chi connectivity index (χ1v) is 11.7. The third-order valence-corrected chi connectivity index (χ3v) is 6.67. The number of pyridine rings is 1. The van der Waals surface area contributed by atoms with E-state index in [1.807, 2.05) is 41.9 Å². The number of piperidine rings is 1. The Morgan fingerprint density at radius 3 is 2.50 bits per heavy atom. The molecule has 1 saturated carbocycles. The third-order valence-electron chi connectivity index (χ3n) is 6.28. The number of hydrogen-bond donors (Lipinski definition) is 1. The van der Waals surface area contributed by atoms with Crippen molar-refractivity contribution in [2.45, 2.75) is 45.2 Å². The monoisotopic (exact) mass is 448 g/mol. The topological polar surface area (TPSA) is 68.0 Å². The smallest absolute Gasteiger partial charge is 0.228 e. The zero-order valence-electron chi connectivity index (χ0n) is 18.3. The molecule has 2 aliphatic rings. The number of benzene rings is 1. The molecule has 2 fully saturated rings. The fourth-order valence-electron chi connectivity index (χ4n) is 4.24. The Morgan fingerprint density at radius 1 is 1.09 bits per heavy atom. The first-order chi connectivity index (χ1) is 15.6. The molecule has 0 unspecified atom stereocenters. The van der Waals surface area contributed by atoms with Crippen LogP contribution in [-0.4, -0.2) is 43.2 Å². The second-order valence-electron chi connectivity index (χ2n) is 8.83. The van der Waals surface area contributed by atoms with Gasteiger partial charge in [-0.05, 0) is 68.6 Å². The van der Waals surface area contributed by atoms with E-state index in [4.69, 9.17) is 17.3 Å². The van der Waals surface area contributed by atoms with Gasteiger partial charge in [-0.2, -0.15) is 5.10 Å². The molecule has 1 aliphatic carbocycles. The summed E-state index contributed by atoms with van der Waals surface area (Å²) in [7, 11) is 0. The molecule has 1 N–H and O–H groups in total. The van der Waals surface area contributed by atoms with E-state index in [9.17, 15) is 4.79 Å². The van der Waals surface area contributed by atoms with Crippen molar-refractivity contribution in [2.75, 3.05) is 18.4 Å². The molecule has 0 bridgehead atoms. The molecule has 1 saturated heterocycles. The number of carbonyl (C=O) groups excluding carboxylic acids is 1. The molecule has 0 spiro atoms. The molecule has 7 nitrogen and oxygen atoms in total. The molecule has 32 heavy (non-hydrogen) atoms. The first-order valence-electron chi connectivity index (χ1n) is 11.3. The Morgan fingerprint density at radius 2 is 1.84 bits per heavy atom. The summed E-state index contributed by atoms with van der Waals surface area (Å²) in [5.74, 6) is 2.26. The van der Waals surface area contributed by atoms with Crippen molar-refractivity contribution >= 4 is 23.9 Å². The molecule has 1 amide bonds. The van der Waals surface area contributed by atoms with Crippen molar-refractivity contribution in [3.8, 4) is 5.69 Å². The summed E-state index contributed by atoms with van der Waals surface area (Å²) < 4.78 is 4.82. The average molecular weight is 449 g/mol. The van der Waals surface area contributed by atoms with Gasteiger partial charge >= 0.3 is 0 Å². The van der Waals surface area contributed by atoms with Gasteiger partial charge in [0, 0.05) is 36.8 Å². The van der Waals surface area contributed by atoms with E-state index in [0.29, 0.717) is 18.4 Å². The largest absolute Gasteiger partial charge is 0.310 e. The van der Waals surface area contributed by atoms with Gasteiger partial charge in [-0.1, -0.05) is 24.3 Å². The summed E-state index contributed by atoms with van der Waals surface area (Å²) in [6.45, 7) is 4.33. The number of amides is 1. The van der Waals surface area contributed by atoms with Crippen molar-refractivity contribution in [3.05, 3.63) is 64.8 Å². The highest BCUT2D eigenvalue weighted by molar-refractivity contribution is 7.71. The van der Waals surface area contributed by atoms with E-state index < -0.39 is 0 Å². The van der Waals surface area contributed by atoms with Gasteiger partial charge in [0.2, 0.25) is 10.7 Å². The maximum absolute atomic E-state index is 12.7. The van der Waals surface area contributed by atoms with E-state index in [-0.39, 0.29) is 11.8 Å². The molecule has 2 aromatic heterocycles. The van der Waals surface area contributed by atoms with Crippen molar-refractivity contribution < 1.29 is 4.79 Å². The molecule has 3 aromatic rings. The Hall–Kier alpha value is -2.84. The van der Waals surface area contributed by atoms with Crippen LogP contribution in [0.4, 0.5) is 5.82 Å². The summed E-state index contributed by atoms with van der Waals surface area (Å²) in [6, 6.07) is 14.1. The molecule has 8 heteroatoms. The molecular formula is C24H28N6OS. The van der Waals surface area contributed by atoms with Gasteiger partial charge in [0.15, 0.2) is 0 Å². The minimum Gasteiger partial charge on any atom is -0.310 e. The lowest BCUT2D eigenvalue weighted by molar-refractivity contribution is -0.121. The minimum atomic E-state index is 0.00576. The van der Waals surface area contributed by atoms with Crippen LogP contribution in [0.15, 0.2) is 48.7 Å². The lowest BCUT2D eigenvalue weighted by Crippen LogP contribution is -2.39. The number of para-hydroxylation sites is 1. The fraction of sp³-hybridized carbons (Fsp3) is 0.417. The maximum Gasteiger partial charge on any atom is 0.228 e. The number of hydrogen-bond acceptors (Lipinski definition) is 5. The van der Waals surface area contributed by atoms with Crippen LogP contribution in [0, 0.1) is 17.6 Å². The lowest BCUT2D eigenvalue weighted by Gasteiger charge is -2.30. The standard InChI is InChI=1S/C24H28N6OS/c1-17-7-10-21(25-15-17)26-23(31)19-11-13-28(14-12-19)16-29-24(32)30(20-5-3-2-4-6-20)22(27-29)18-8-9-18/h2-7,10,15,18-19H,8-9,11-14,16H2,1H3,(H,25,26,31). The number of rotatable bonds is 6. The van der Waals surface area contributed by atoms with Crippen LogP contribution in [0.1, 0.15) is 43.0 Å². The lowest BCUT2D eigenvalue weighted by atomic mass is 9.96. The van der Waals surface area contributed by atoms with Crippen molar-refractivity contribution in [1.82, 2.24) is 24.2 Å². The van der Waals surface area contributed by atoms with Gasteiger partial charge in [0.25, 0.3) is 0 Å². The summed E-state index contributed by atoms with van der Waals surface area (Å²) >= 11 is 5.82. The minimum absolute atomic E-state index is 0.00576. The van der Waals surface area contributed by atoms with Gasteiger partial charge in [0.05, 0.1) is 6.67 Å². The number of nitrogens with one attached hydrogen (secondary N) is 1. The summed E-state index contributed by atoms with van der Waals surface area (Å²) in [5.41, 5.74) is 2.15. The molecule has 0 radical (unpaired) electrons. The number of likely N-dealkylation sites (tertiary alicyclic amines) is 1. The molecule has 1 aromatic carbocycles. The van der Waals surface area contributed by atoms with Crippen LogP contribution in [0.25, 0.3) is 5.69 Å².